The Labute approximate surface area is 244 Å². The Kier molecular flexibility index (Phi) is 8.28. The van der Waals surface area contributed by atoms with Crippen LogP contribution in [-0.2, 0) is 14.3 Å². The van der Waals surface area contributed by atoms with E-state index >= 15 is 0 Å². The number of carbonyl (C=O) groups is 2. The first-order chi connectivity index (χ1) is 20.1. The highest BCUT2D eigenvalue weighted by Gasteiger charge is 2.38. The van der Waals surface area contributed by atoms with Crippen LogP contribution in [0.1, 0.15) is 57.8 Å². The van der Waals surface area contributed by atoms with Crippen molar-refractivity contribution < 1.29 is 18.8 Å². The molecule has 0 aliphatic heterocycles. The molecule has 4 aromatic rings. The monoisotopic (exact) mass is 569 g/mol. The summed E-state index contributed by atoms with van der Waals surface area (Å²) in [4.78, 5) is 44.2. The number of nitrogens with zero attached hydrogens (tertiary/aromatic N) is 5. The summed E-state index contributed by atoms with van der Waals surface area (Å²) in [5, 5.41) is 10.4. The van der Waals surface area contributed by atoms with E-state index in [2.05, 4.69) is 30.7 Å². The Hall–Kier alpha value is -4.67. The first kappa shape index (κ1) is 28.8. The zero-order valence-corrected chi connectivity index (χ0v) is 24.5. The Balaban J connectivity index is 1.33. The molecule has 11 nitrogen and oxygen atoms in total. The molecular weight excluding hydrogens is 534 g/mol. The topological polar surface area (TPSA) is 145 Å². The van der Waals surface area contributed by atoms with E-state index < -0.39 is 17.4 Å². The number of aryl methyl sites for hydroxylation is 2. The number of hydrogen-bond acceptors (Lipinski definition) is 10. The second kappa shape index (κ2) is 12.1. The molecule has 0 aromatic carbocycles. The molecule has 218 valence electrons. The van der Waals surface area contributed by atoms with E-state index in [4.69, 9.17) is 14.2 Å². The molecule has 2 atom stereocenters. The van der Waals surface area contributed by atoms with Gasteiger partial charge in [-0.1, -0.05) is 24.1 Å². The van der Waals surface area contributed by atoms with Crippen molar-refractivity contribution >= 4 is 29.1 Å². The smallest absolute Gasteiger partial charge is 0.310 e. The maximum Gasteiger partial charge on any atom is 0.310 e. The van der Waals surface area contributed by atoms with Gasteiger partial charge in [0.25, 0.3) is 0 Å². The lowest BCUT2D eigenvalue weighted by atomic mass is 9.78. The molecule has 11 heteroatoms. The second-order valence-electron chi connectivity index (χ2n) is 11.5. The van der Waals surface area contributed by atoms with Gasteiger partial charge in [0, 0.05) is 6.20 Å². The van der Waals surface area contributed by atoms with Crippen LogP contribution in [0.3, 0.4) is 0 Å². The Morgan fingerprint density at radius 3 is 2.43 bits per heavy atom. The number of amides is 1. The minimum absolute atomic E-state index is 0.201. The maximum absolute atomic E-state index is 13.3. The van der Waals surface area contributed by atoms with Crippen LogP contribution in [0.2, 0.25) is 0 Å². The summed E-state index contributed by atoms with van der Waals surface area (Å²) < 4.78 is 11.3. The largest absolute Gasteiger partial charge is 0.460 e. The van der Waals surface area contributed by atoms with Crippen molar-refractivity contribution in [2.45, 2.75) is 65.9 Å². The summed E-state index contributed by atoms with van der Waals surface area (Å²) in [5.41, 5.74) is 3.65. The van der Waals surface area contributed by atoms with Gasteiger partial charge in [0.2, 0.25) is 11.7 Å². The molecule has 4 aromatic heterocycles. The van der Waals surface area contributed by atoms with Crippen LogP contribution in [0, 0.1) is 25.7 Å². The highest BCUT2D eigenvalue weighted by molar-refractivity contribution is 5.96. The fourth-order valence-electron chi connectivity index (χ4n) is 5.03. The van der Waals surface area contributed by atoms with Gasteiger partial charge in [-0.3, -0.25) is 19.6 Å². The Bertz CT molecular complexity index is 1580. The molecule has 1 fully saturated rings. The molecule has 4 heterocycles. The molecule has 42 heavy (non-hydrogen) atoms. The standard InChI is InChI=1S/C31H35N7O4/c1-18-22(36-29(39)20-10-6-7-11-21(20)30(40)41-31(3,4)5)13-14-24(34-18)28-27(19(2)38-42-28)37-26-17-32-16-25(35-26)23-12-8-9-15-33-23/h8-9,12-17,20-21H,6-7,10-11H2,1-5H3,(H,35,37)(H,36,39)/t20-,21-/m0/s1. The lowest BCUT2D eigenvalue weighted by Gasteiger charge is -2.31. The number of anilines is 3. The van der Waals surface area contributed by atoms with Crippen LogP contribution in [0.5, 0.6) is 0 Å². The van der Waals surface area contributed by atoms with Gasteiger partial charge in [-0.15, -0.1) is 0 Å². The predicted octanol–water partition coefficient (Wildman–Crippen LogP) is 6.04. The van der Waals surface area contributed by atoms with Gasteiger partial charge in [0.1, 0.15) is 34.2 Å². The highest BCUT2D eigenvalue weighted by atomic mass is 16.6. The fraction of sp³-hybridized carbons (Fsp3) is 0.387. The molecule has 1 aliphatic rings. The van der Waals surface area contributed by atoms with E-state index in [0.29, 0.717) is 64.3 Å². The SMILES string of the molecule is Cc1nc(-c2onc(C)c2Nc2cncc(-c3ccccn3)n2)ccc1NC(=O)[C@H]1CCCC[C@@H]1C(=O)OC(C)(C)C. The molecule has 1 amide bonds. The van der Waals surface area contributed by atoms with Crippen molar-refractivity contribution in [2.75, 3.05) is 10.6 Å². The number of pyridine rings is 2. The van der Waals surface area contributed by atoms with Gasteiger partial charge >= 0.3 is 5.97 Å². The van der Waals surface area contributed by atoms with Gasteiger partial charge in [-0.25, -0.2) is 9.97 Å². The van der Waals surface area contributed by atoms with E-state index in [9.17, 15) is 9.59 Å². The van der Waals surface area contributed by atoms with Crippen molar-refractivity contribution in [3.8, 4) is 22.8 Å². The van der Waals surface area contributed by atoms with Gasteiger partial charge in [-0.2, -0.15) is 0 Å². The van der Waals surface area contributed by atoms with Crippen LogP contribution in [0.15, 0.2) is 53.4 Å². The number of carbonyl (C=O) groups excluding carboxylic acids is 2. The molecule has 0 saturated heterocycles. The molecule has 2 N–H and O–H groups in total. The van der Waals surface area contributed by atoms with E-state index in [1.54, 1.807) is 30.7 Å². The second-order valence-corrected chi connectivity index (χ2v) is 11.5. The number of aromatic nitrogens is 5. The number of rotatable bonds is 7. The summed E-state index contributed by atoms with van der Waals surface area (Å²) >= 11 is 0. The van der Waals surface area contributed by atoms with Crippen molar-refractivity contribution in [3.05, 3.63) is 60.3 Å². The summed E-state index contributed by atoms with van der Waals surface area (Å²) in [7, 11) is 0. The fourth-order valence-corrected chi connectivity index (χ4v) is 5.03. The maximum atomic E-state index is 13.3. The highest BCUT2D eigenvalue weighted by Crippen LogP contribution is 2.35. The van der Waals surface area contributed by atoms with Gasteiger partial charge < -0.3 is 19.9 Å². The summed E-state index contributed by atoms with van der Waals surface area (Å²) in [6.07, 6.45) is 8.02. The molecule has 0 unspecified atom stereocenters. The molecule has 0 spiro atoms. The third-order valence-corrected chi connectivity index (χ3v) is 7.07. The van der Waals surface area contributed by atoms with E-state index in [-0.39, 0.29) is 11.9 Å². The van der Waals surface area contributed by atoms with Crippen molar-refractivity contribution in [3.63, 3.8) is 0 Å². The molecule has 1 saturated carbocycles. The molecule has 0 radical (unpaired) electrons. The Morgan fingerprint density at radius 2 is 1.71 bits per heavy atom. The number of hydrogen-bond donors (Lipinski definition) is 2. The van der Waals surface area contributed by atoms with E-state index in [1.165, 1.54) is 0 Å². The minimum Gasteiger partial charge on any atom is -0.460 e. The van der Waals surface area contributed by atoms with Crippen LogP contribution >= 0.6 is 0 Å². The summed E-state index contributed by atoms with van der Waals surface area (Å²) in [6, 6.07) is 9.14. The van der Waals surface area contributed by atoms with Crippen LogP contribution < -0.4 is 10.6 Å². The molecule has 5 rings (SSSR count). The van der Waals surface area contributed by atoms with Crippen LogP contribution in [0.4, 0.5) is 17.2 Å². The molecule has 0 bridgehead atoms. The van der Waals surface area contributed by atoms with E-state index in [1.807, 2.05) is 52.8 Å². The third kappa shape index (κ3) is 6.62. The molecular formula is C31H35N7O4. The van der Waals surface area contributed by atoms with Crippen molar-refractivity contribution in [1.29, 1.82) is 0 Å². The van der Waals surface area contributed by atoms with Crippen LogP contribution in [0.25, 0.3) is 22.8 Å². The zero-order valence-electron chi connectivity index (χ0n) is 24.5. The quantitative estimate of drug-likeness (QED) is 0.253. The molecule has 1 aliphatic carbocycles. The van der Waals surface area contributed by atoms with Crippen molar-refractivity contribution in [1.82, 2.24) is 25.1 Å². The van der Waals surface area contributed by atoms with Crippen molar-refractivity contribution in [2.24, 2.45) is 11.8 Å². The lowest BCUT2D eigenvalue weighted by molar-refractivity contribution is -0.164. The number of nitrogens with one attached hydrogen (secondary N) is 2. The van der Waals surface area contributed by atoms with Gasteiger partial charge in [0.15, 0.2) is 0 Å². The van der Waals surface area contributed by atoms with Gasteiger partial charge in [-0.05, 0) is 71.7 Å². The lowest BCUT2D eigenvalue weighted by Crippen LogP contribution is -2.39. The predicted molar refractivity (Wildman–Crippen MR) is 158 cm³/mol. The summed E-state index contributed by atoms with van der Waals surface area (Å²) in [5.74, 6) is -0.510. The zero-order chi connectivity index (χ0) is 29.9. The summed E-state index contributed by atoms with van der Waals surface area (Å²) in [6.45, 7) is 9.14. The average molecular weight is 570 g/mol. The van der Waals surface area contributed by atoms with Crippen LogP contribution in [-0.4, -0.2) is 42.6 Å². The van der Waals surface area contributed by atoms with Gasteiger partial charge in [0.05, 0.1) is 41.3 Å². The number of ether oxygens (including phenoxy) is 1. The minimum atomic E-state index is -0.604. The van der Waals surface area contributed by atoms with E-state index in [0.717, 1.165) is 12.8 Å². The Morgan fingerprint density at radius 1 is 0.929 bits per heavy atom. The first-order valence-electron chi connectivity index (χ1n) is 14.1. The average Bonchev–Trinajstić information content (AvgIpc) is 3.33. The normalized spacial score (nSPS) is 17.0. The number of esters is 1. The third-order valence-electron chi connectivity index (χ3n) is 7.07. The first-order valence-corrected chi connectivity index (χ1v) is 14.1.